The number of hydrogen-bond acceptors (Lipinski definition) is 3. The Balaban J connectivity index is 1.97. The minimum Gasteiger partial charge on any atom is -0.351 e. The highest BCUT2D eigenvalue weighted by atomic mass is 79.9. The summed E-state index contributed by atoms with van der Waals surface area (Å²) in [6.07, 6.45) is 6.01. The molecule has 3 nitrogen and oxygen atoms in total. The van der Waals surface area contributed by atoms with Gasteiger partial charge in [-0.2, -0.15) is 0 Å². The van der Waals surface area contributed by atoms with Crippen LogP contribution in [0.1, 0.15) is 12.0 Å². The zero-order valence-corrected chi connectivity index (χ0v) is 15.9. The first-order chi connectivity index (χ1) is 10.2. The number of halogens is 3. The Hall–Kier alpha value is -0.590. The van der Waals surface area contributed by atoms with Gasteiger partial charge in [-0.25, -0.2) is 0 Å². The summed E-state index contributed by atoms with van der Waals surface area (Å²) in [5.41, 5.74) is 5.20. The predicted octanol–water partition coefficient (Wildman–Crippen LogP) is 5.23. The average Bonchev–Trinajstić information content (AvgIpc) is 2.92. The van der Waals surface area contributed by atoms with Crippen molar-refractivity contribution in [2.24, 2.45) is 0 Å². The number of rotatable bonds is 1. The largest absolute Gasteiger partial charge is 0.351 e. The van der Waals surface area contributed by atoms with Gasteiger partial charge in [0.05, 0.1) is 22.5 Å². The molecule has 1 aromatic heterocycles. The summed E-state index contributed by atoms with van der Waals surface area (Å²) in [5.74, 6) is 0. The molecule has 0 bridgehead atoms. The lowest BCUT2D eigenvalue weighted by Crippen LogP contribution is -2.31. The summed E-state index contributed by atoms with van der Waals surface area (Å²) >= 11 is 11.2. The van der Waals surface area contributed by atoms with Crippen LogP contribution >= 0.6 is 47.8 Å². The van der Waals surface area contributed by atoms with Crippen LogP contribution < -0.4 is 9.80 Å². The molecule has 2 aromatic rings. The van der Waals surface area contributed by atoms with Gasteiger partial charge in [0.2, 0.25) is 0 Å². The van der Waals surface area contributed by atoms with E-state index in [1.165, 1.54) is 33.5 Å². The van der Waals surface area contributed by atoms with Gasteiger partial charge in [0, 0.05) is 33.6 Å². The lowest BCUT2D eigenvalue weighted by atomic mass is 10.0. The van der Waals surface area contributed by atoms with Gasteiger partial charge in [0.25, 0.3) is 0 Å². The van der Waals surface area contributed by atoms with E-state index in [4.69, 9.17) is 0 Å². The van der Waals surface area contributed by atoms with E-state index in [0.29, 0.717) is 0 Å². The van der Waals surface area contributed by atoms with Crippen LogP contribution in [-0.2, 0) is 6.42 Å². The number of pyridine rings is 1. The van der Waals surface area contributed by atoms with Crippen LogP contribution in [0.5, 0.6) is 0 Å². The smallest absolute Gasteiger partial charge is 0.0953 e. The number of anilines is 3. The van der Waals surface area contributed by atoms with Crippen LogP contribution in [0.25, 0.3) is 0 Å². The van der Waals surface area contributed by atoms with Gasteiger partial charge < -0.3 is 9.80 Å². The van der Waals surface area contributed by atoms with Crippen molar-refractivity contribution >= 4 is 64.9 Å². The van der Waals surface area contributed by atoms with Crippen LogP contribution in [0.3, 0.4) is 0 Å². The molecule has 2 aliphatic heterocycles. The number of nitrogens with zero attached hydrogens (tertiary/aromatic N) is 3. The summed E-state index contributed by atoms with van der Waals surface area (Å²) in [6.45, 7) is 2.01. The molecule has 0 aliphatic carbocycles. The fourth-order valence-corrected chi connectivity index (χ4v) is 5.05. The minimum atomic E-state index is 0.897. The van der Waals surface area contributed by atoms with Gasteiger partial charge in [-0.3, -0.25) is 4.98 Å². The van der Waals surface area contributed by atoms with E-state index < -0.39 is 0 Å². The molecular weight excluding hydrogens is 462 g/mol. The highest BCUT2D eigenvalue weighted by Crippen LogP contribution is 2.54. The fraction of sp³-hybridized carbons (Fsp3) is 0.267. The standard InChI is InChI=1S/C15H12Br3N3/c16-11-10-2-1-7-20-8-21(9-3-5-19-6-4-9)15(14(10)20)13(18)12(11)17/h3-6H,1-2,7-8H2. The van der Waals surface area contributed by atoms with Crippen LogP contribution in [-0.4, -0.2) is 18.2 Å². The van der Waals surface area contributed by atoms with Crippen LogP contribution in [0, 0.1) is 0 Å². The highest BCUT2D eigenvalue weighted by molar-refractivity contribution is 9.14. The zero-order chi connectivity index (χ0) is 14.6. The van der Waals surface area contributed by atoms with Crippen molar-refractivity contribution in [3.63, 3.8) is 0 Å². The molecule has 0 atom stereocenters. The zero-order valence-electron chi connectivity index (χ0n) is 11.1. The first-order valence-corrected chi connectivity index (χ1v) is 9.18. The molecule has 0 amide bonds. The Kier molecular flexibility index (Phi) is 3.51. The summed E-state index contributed by atoms with van der Waals surface area (Å²) in [4.78, 5) is 8.95. The van der Waals surface area contributed by atoms with E-state index in [0.717, 1.165) is 28.6 Å². The van der Waals surface area contributed by atoms with Crippen molar-refractivity contribution in [1.82, 2.24) is 4.98 Å². The first kappa shape index (κ1) is 14.0. The maximum absolute atomic E-state index is 4.13. The molecule has 108 valence electrons. The monoisotopic (exact) mass is 471 g/mol. The molecule has 6 heteroatoms. The predicted molar refractivity (Wildman–Crippen MR) is 96.5 cm³/mol. The number of aromatic nitrogens is 1. The third-order valence-electron chi connectivity index (χ3n) is 4.10. The minimum absolute atomic E-state index is 0.897. The SMILES string of the molecule is Brc1c(Br)c2c3c(c1Br)N(c1ccncc1)CN3CCC2. The quantitative estimate of drug-likeness (QED) is 0.529. The highest BCUT2D eigenvalue weighted by Gasteiger charge is 2.36. The maximum atomic E-state index is 4.13. The van der Waals surface area contributed by atoms with Crippen LogP contribution in [0.15, 0.2) is 37.9 Å². The second-order valence-corrected chi connectivity index (χ2v) is 7.64. The summed E-state index contributed by atoms with van der Waals surface area (Å²) in [6, 6.07) is 4.13. The van der Waals surface area contributed by atoms with Gasteiger partial charge in [-0.15, -0.1) is 0 Å². The lowest BCUT2D eigenvalue weighted by molar-refractivity contribution is 0.716. The lowest BCUT2D eigenvalue weighted by Gasteiger charge is -2.27. The van der Waals surface area contributed by atoms with Gasteiger partial charge in [0.15, 0.2) is 0 Å². The van der Waals surface area contributed by atoms with Crippen molar-refractivity contribution in [3.05, 3.63) is 43.5 Å². The summed E-state index contributed by atoms with van der Waals surface area (Å²) in [7, 11) is 0. The molecule has 21 heavy (non-hydrogen) atoms. The fourth-order valence-electron chi connectivity index (χ4n) is 3.17. The van der Waals surface area contributed by atoms with E-state index in [1.54, 1.807) is 0 Å². The normalized spacial score (nSPS) is 16.3. The Bertz CT molecular complexity index is 718. The maximum Gasteiger partial charge on any atom is 0.0953 e. The molecule has 0 radical (unpaired) electrons. The Labute approximate surface area is 148 Å². The van der Waals surface area contributed by atoms with Crippen molar-refractivity contribution in [2.75, 3.05) is 23.0 Å². The van der Waals surface area contributed by atoms with Gasteiger partial charge in [-0.1, -0.05) is 0 Å². The van der Waals surface area contributed by atoms with Gasteiger partial charge in [0.1, 0.15) is 0 Å². The van der Waals surface area contributed by atoms with Crippen molar-refractivity contribution in [3.8, 4) is 0 Å². The second-order valence-electron chi connectivity index (χ2n) is 5.26. The molecule has 0 saturated carbocycles. The second kappa shape index (κ2) is 5.25. The average molecular weight is 474 g/mol. The van der Waals surface area contributed by atoms with E-state index in [9.17, 15) is 0 Å². The Morgan fingerprint density at radius 2 is 1.71 bits per heavy atom. The molecule has 0 unspecified atom stereocenters. The number of hydrogen-bond donors (Lipinski definition) is 0. The molecule has 0 N–H and O–H groups in total. The molecule has 4 rings (SSSR count). The molecular formula is C15H12Br3N3. The molecule has 1 aromatic carbocycles. The van der Waals surface area contributed by atoms with E-state index in [2.05, 4.69) is 74.7 Å². The Morgan fingerprint density at radius 1 is 0.952 bits per heavy atom. The third-order valence-corrected chi connectivity index (χ3v) is 7.60. The van der Waals surface area contributed by atoms with E-state index in [1.807, 2.05) is 12.4 Å². The third kappa shape index (κ3) is 2.06. The molecule has 0 saturated heterocycles. The molecule has 3 heterocycles. The topological polar surface area (TPSA) is 19.4 Å². The first-order valence-electron chi connectivity index (χ1n) is 6.80. The van der Waals surface area contributed by atoms with Crippen molar-refractivity contribution < 1.29 is 0 Å². The van der Waals surface area contributed by atoms with Crippen LogP contribution in [0.4, 0.5) is 17.1 Å². The summed E-state index contributed by atoms with van der Waals surface area (Å²) in [5, 5.41) is 0. The Morgan fingerprint density at radius 3 is 2.48 bits per heavy atom. The van der Waals surface area contributed by atoms with E-state index >= 15 is 0 Å². The van der Waals surface area contributed by atoms with E-state index in [-0.39, 0.29) is 0 Å². The van der Waals surface area contributed by atoms with Crippen molar-refractivity contribution in [1.29, 1.82) is 0 Å². The van der Waals surface area contributed by atoms with Gasteiger partial charge >= 0.3 is 0 Å². The molecule has 0 spiro atoms. The molecule has 0 fully saturated rings. The number of benzene rings is 1. The van der Waals surface area contributed by atoms with Crippen LogP contribution in [0.2, 0.25) is 0 Å². The van der Waals surface area contributed by atoms with Gasteiger partial charge in [-0.05, 0) is 78.3 Å². The van der Waals surface area contributed by atoms with Crippen molar-refractivity contribution in [2.45, 2.75) is 12.8 Å². The summed E-state index contributed by atoms with van der Waals surface area (Å²) < 4.78 is 3.38. The molecule has 2 aliphatic rings.